The lowest BCUT2D eigenvalue weighted by Crippen LogP contribution is -2.39. The summed E-state index contributed by atoms with van der Waals surface area (Å²) in [4.78, 5) is 2.22. The fourth-order valence-electron chi connectivity index (χ4n) is 3.28. The van der Waals surface area contributed by atoms with Crippen molar-refractivity contribution in [1.29, 1.82) is 0 Å². The molecule has 27 heavy (non-hydrogen) atoms. The second-order valence-corrected chi connectivity index (χ2v) is 7.23. The Labute approximate surface area is 166 Å². The fraction of sp³-hybridized carbons (Fsp3) is 0.318. The molecule has 0 atom stereocenters. The molecule has 0 amide bonds. The molecular formula is C22H27N3OS. The number of aryl methyl sites for hydroxylation is 1. The number of rotatable bonds is 6. The maximum atomic E-state index is 5.74. The lowest BCUT2D eigenvalue weighted by atomic mass is 10.1. The Balaban J connectivity index is 1.85. The van der Waals surface area contributed by atoms with Crippen molar-refractivity contribution in [2.24, 2.45) is 0 Å². The second kappa shape index (κ2) is 8.44. The summed E-state index contributed by atoms with van der Waals surface area (Å²) in [5.74, 6) is 0.810. The maximum absolute atomic E-state index is 5.74. The molecule has 0 aliphatic rings. The first-order valence-electron chi connectivity index (χ1n) is 9.32. The molecule has 0 saturated carbocycles. The van der Waals surface area contributed by atoms with E-state index in [1.54, 1.807) is 7.11 Å². The Morgan fingerprint density at radius 1 is 1.19 bits per heavy atom. The van der Waals surface area contributed by atoms with Crippen molar-refractivity contribution in [3.8, 4) is 5.75 Å². The number of anilines is 1. The van der Waals surface area contributed by atoms with Crippen LogP contribution in [0, 0.1) is 0 Å². The highest BCUT2D eigenvalue weighted by atomic mass is 32.1. The van der Waals surface area contributed by atoms with Gasteiger partial charge in [-0.1, -0.05) is 24.3 Å². The first-order chi connectivity index (χ1) is 13.0. The molecule has 0 radical (unpaired) electrons. The van der Waals surface area contributed by atoms with Gasteiger partial charge in [0.25, 0.3) is 0 Å². The van der Waals surface area contributed by atoms with Gasteiger partial charge in [0.05, 0.1) is 7.11 Å². The molecule has 0 fully saturated rings. The topological polar surface area (TPSA) is 29.4 Å². The molecule has 5 heteroatoms. The molecule has 3 aromatic rings. The van der Waals surface area contributed by atoms with Crippen molar-refractivity contribution in [2.45, 2.75) is 39.9 Å². The number of hydrogen-bond acceptors (Lipinski definition) is 2. The first-order valence-corrected chi connectivity index (χ1v) is 9.72. The predicted molar refractivity (Wildman–Crippen MR) is 118 cm³/mol. The highest BCUT2D eigenvalue weighted by molar-refractivity contribution is 7.80. The minimum atomic E-state index is 0.277. The van der Waals surface area contributed by atoms with E-state index in [-0.39, 0.29) is 6.04 Å². The van der Waals surface area contributed by atoms with Crippen LogP contribution < -0.4 is 10.1 Å². The van der Waals surface area contributed by atoms with Crippen molar-refractivity contribution in [3.63, 3.8) is 0 Å². The van der Waals surface area contributed by atoms with Gasteiger partial charge in [-0.25, -0.2) is 0 Å². The number of thiocarbonyl (C=S) groups is 1. The van der Waals surface area contributed by atoms with Crippen LogP contribution in [0.3, 0.4) is 0 Å². The summed E-state index contributed by atoms with van der Waals surface area (Å²) in [6, 6.07) is 16.7. The number of nitrogens with zero attached hydrogens (tertiary/aromatic N) is 2. The number of benzene rings is 2. The number of aromatic nitrogens is 1. The molecule has 0 aliphatic carbocycles. The Morgan fingerprint density at radius 3 is 2.67 bits per heavy atom. The van der Waals surface area contributed by atoms with Crippen LogP contribution in [0.4, 0.5) is 5.69 Å². The van der Waals surface area contributed by atoms with Gasteiger partial charge in [-0.2, -0.15) is 0 Å². The summed E-state index contributed by atoms with van der Waals surface area (Å²) in [7, 11) is 1.67. The molecule has 0 aliphatic heterocycles. The minimum absolute atomic E-state index is 0.277. The van der Waals surface area contributed by atoms with E-state index in [0.717, 1.165) is 24.5 Å². The van der Waals surface area contributed by atoms with Gasteiger partial charge in [0, 0.05) is 48.0 Å². The van der Waals surface area contributed by atoms with Crippen LogP contribution in [-0.2, 0) is 13.1 Å². The third kappa shape index (κ3) is 4.25. The highest BCUT2D eigenvalue weighted by Crippen LogP contribution is 2.24. The van der Waals surface area contributed by atoms with E-state index < -0.39 is 0 Å². The highest BCUT2D eigenvalue weighted by Gasteiger charge is 2.17. The third-order valence-electron chi connectivity index (χ3n) is 4.76. The molecule has 0 unspecified atom stereocenters. The normalized spacial score (nSPS) is 11.0. The molecule has 1 N–H and O–H groups in total. The van der Waals surface area contributed by atoms with E-state index in [0.29, 0.717) is 5.11 Å². The Morgan fingerprint density at radius 2 is 1.96 bits per heavy atom. The summed E-state index contributed by atoms with van der Waals surface area (Å²) in [6.45, 7) is 8.22. The Kier molecular flexibility index (Phi) is 6.01. The standard InChI is InChI=1S/C22H27N3OS/c1-5-24-14-17(20-11-6-7-12-21(20)24)15-25(16(2)3)22(27)23-18-9-8-10-19(13-18)26-4/h6-14,16H,5,15H2,1-4H3,(H,23,27). The van der Waals surface area contributed by atoms with Gasteiger partial charge in [-0.05, 0) is 56.8 Å². The van der Waals surface area contributed by atoms with Crippen LogP contribution >= 0.6 is 12.2 Å². The summed E-state index contributed by atoms with van der Waals surface area (Å²) >= 11 is 5.74. The van der Waals surface area contributed by atoms with Crippen LogP contribution in [0.25, 0.3) is 10.9 Å². The van der Waals surface area contributed by atoms with E-state index in [4.69, 9.17) is 17.0 Å². The second-order valence-electron chi connectivity index (χ2n) is 6.84. The van der Waals surface area contributed by atoms with Gasteiger partial charge in [0.2, 0.25) is 0 Å². The van der Waals surface area contributed by atoms with Gasteiger partial charge in [-0.15, -0.1) is 0 Å². The fourth-order valence-corrected chi connectivity index (χ4v) is 3.67. The van der Waals surface area contributed by atoms with Crippen LogP contribution in [0.2, 0.25) is 0 Å². The van der Waals surface area contributed by atoms with Gasteiger partial charge in [-0.3, -0.25) is 0 Å². The summed E-state index contributed by atoms with van der Waals surface area (Å²) in [5.41, 5.74) is 3.49. The number of para-hydroxylation sites is 1. The number of ether oxygens (including phenoxy) is 1. The quantitative estimate of drug-likeness (QED) is 0.589. The van der Waals surface area contributed by atoms with Gasteiger partial charge in [0.15, 0.2) is 5.11 Å². The largest absolute Gasteiger partial charge is 0.497 e. The number of hydrogen-bond donors (Lipinski definition) is 1. The monoisotopic (exact) mass is 381 g/mol. The van der Waals surface area contributed by atoms with Crippen molar-refractivity contribution in [1.82, 2.24) is 9.47 Å². The molecule has 4 nitrogen and oxygen atoms in total. The molecule has 1 heterocycles. The van der Waals surface area contributed by atoms with E-state index >= 15 is 0 Å². The van der Waals surface area contributed by atoms with Crippen molar-refractivity contribution >= 4 is 33.9 Å². The number of methoxy groups -OCH3 is 1. The lowest BCUT2D eigenvalue weighted by molar-refractivity contribution is 0.349. The zero-order valence-electron chi connectivity index (χ0n) is 16.4. The number of nitrogens with one attached hydrogen (secondary N) is 1. The molecule has 2 aromatic carbocycles. The van der Waals surface area contributed by atoms with Crippen LogP contribution in [0.5, 0.6) is 5.75 Å². The van der Waals surface area contributed by atoms with Gasteiger partial charge < -0.3 is 19.5 Å². The van der Waals surface area contributed by atoms with Crippen LogP contribution in [0.15, 0.2) is 54.7 Å². The SMILES string of the molecule is CCn1cc(CN(C(=S)Nc2cccc(OC)c2)C(C)C)c2ccccc21. The van der Waals surface area contributed by atoms with Crippen molar-refractivity contribution < 1.29 is 4.74 Å². The zero-order chi connectivity index (χ0) is 19.4. The summed E-state index contributed by atoms with van der Waals surface area (Å²) in [6.07, 6.45) is 2.24. The molecular weight excluding hydrogens is 354 g/mol. The summed E-state index contributed by atoms with van der Waals surface area (Å²) < 4.78 is 7.60. The zero-order valence-corrected chi connectivity index (χ0v) is 17.2. The van der Waals surface area contributed by atoms with Crippen LogP contribution in [-0.4, -0.2) is 27.7 Å². The molecule has 1 aromatic heterocycles. The smallest absolute Gasteiger partial charge is 0.173 e. The van der Waals surface area contributed by atoms with Gasteiger partial charge >= 0.3 is 0 Å². The number of fused-ring (bicyclic) bond motifs is 1. The average molecular weight is 382 g/mol. The molecule has 0 spiro atoms. The van der Waals surface area contributed by atoms with Gasteiger partial charge in [0.1, 0.15) is 5.75 Å². The molecule has 3 rings (SSSR count). The molecule has 0 saturated heterocycles. The molecule has 142 valence electrons. The minimum Gasteiger partial charge on any atom is -0.497 e. The van der Waals surface area contributed by atoms with E-state index in [9.17, 15) is 0 Å². The lowest BCUT2D eigenvalue weighted by Gasteiger charge is -2.29. The van der Waals surface area contributed by atoms with E-state index in [2.05, 4.69) is 66.0 Å². The Hall–Kier alpha value is -2.53. The maximum Gasteiger partial charge on any atom is 0.173 e. The van der Waals surface area contributed by atoms with E-state index in [1.807, 2.05) is 24.3 Å². The van der Waals surface area contributed by atoms with E-state index in [1.165, 1.54) is 16.5 Å². The van der Waals surface area contributed by atoms with Crippen molar-refractivity contribution in [3.05, 3.63) is 60.3 Å². The Bertz CT molecular complexity index is 932. The predicted octanol–water partition coefficient (Wildman–Crippen LogP) is 5.28. The molecule has 0 bridgehead atoms. The average Bonchev–Trinajstić information content (AvgIpc) is 3.03. The summed E-state index contributed by atoms with van der Waals surface area (Å²) in [5, 5.41) is 5.36. The third-order valence-corrected chi connectivity index (χ3v) is 5.09. The van der Waals surface area contributed by atoms with Crippen LogP contribution in [0.1, 0.15) is 26.3 Å². The first kappa shape index (κ1) is 19.2. The van der Waals surface area contributed by atoms with Crippen molar-refractivity contribution in [2.75, 3.05) is 12.4 Å².